The third-order valence-corrected chi connectivity index (χ3v) is 6.00. The fraction of sp³-hybridized carbons (Fsp3) is 0.333. The Morgan fingerprint density at radius 3 is 2.63 bits per heavy atom. The third-order valence-electron chi connectivity index (χ3n) is 4.61. The zero-order valence-corrected chi connectivity index (χ0v) is 15.5. The molecule has 0 radical (unpaired) electrons. The molecule has 0 bridgehead atoms. The van der Waals surface area contributed by atoms with E-state index in [9.17, 15) is 23.1 Å². The van der Waals surface area contributed by atoms with Crippen LogP contribution in [0, 0.1) is 5.92 Å². The fourth-order valence-corrected chi connectivity index (χ4v) is 4.23. The van der Waals surface area contributed by atoms with Crippen molar-refractivity contribution in [2.75, 3.05) is 10.8 Å². The zero-order valence-electron chi connectivity index (χ0n) is 14.7. The number of carbonyl (C=O) groups excluding carboxylic acids is 1. The van der Waals surface area contributed by atoms with Crippen molar-refractivity contribution in [1.29, 1.82) is 0 Å². The first kappa shape index (κ1) is 19.0. The highest BCUT2D eigenvalue weighted by Gasteiger charge is 2.35. The number of nitrogens with zero attached hydrogens (tertiary/aromatic N) is 1. The Balaban J connectivity index is 1.87. The molecule has 144 valence electrons. The largest absolute Gasteiger partial charge is 0.506 e. The average molecular weight is 392 g/mol. The number of phenolic OH excluding ortho intramolecular Hbond substituents is 1. The molecule has 3 N–H and O–H groups in total. The summed E-state index contributed by atoms with van der Waals surface area (Å²) in [6, 6.07) is 8.58. The number of benzene rings is 2. The second-order valence-corrected chi connectivity index (χ2v) is 8.29. The van der Waals surface area contributed by atoms with Gasteiger partial charge in [-0.1, -0.05) is 25.1 Å². The minimum atomic E-state index is -4.00. The first-order chi connectivity index (χ1) is 12.7. The number of carbonyl (C=O) groups is 2. The predicted octanol–water partition coefficient (Wildman–Crippen LogP) is 1.77. The Bertz CT molecular complexity index is 1020. The standard InChI is InChI=1S/C18H20N2O6S/c1-11(18(23)24)3-2-4-12-5-6-13-9-16(21)15(8-14(13)7-12)20-10-17(22)19-27(20,25)26/h5-9,11,21H,2-4,10H2,1H3,(H,19,22)(H,23,24). The molecular weight excluding hydrogens is 372 g/mol. The number of rotatable bonds is 6. The molecule has 9 heteroatoms. The number of fused-ring (bicyclic) bond motifs is 1. The summed E-state index contributed by atoms with van der Waals surface area (Å²) in [5.74, 6) is -2.11. The number of amides is 1. The van der Waals surface area contributed by atoms with Crippen LogP contribution in [0.4, 0.5) is 5.69 Å². The van der Waals surface area contributed by atoms with Crippen LogP contribution in [0.5, 0.6) is 5.75 Å². The van der Waals surface area contributed by atoms with Crippen LogP contribution in [0.2, 0.25) is 0 Å². The summed E-state index contributed by atoms with van der Waals surface area (Å²) in [5, 5.41) is 20.6. The molecular formula is C18H20N2O6S. The van der Waals surface area contributed by atoms with Crippen LogP contribution in [0.3, 0.4) is 0 Å². The summed E-state index contributed by atoms with van der Waals surface area (Å²) in [6.45, 7) is 1.29. The van der Waals surface area contributed by atoms with Gasteiger partial charge in [0.05, 0.1) is 11.6 Å². The zero-order chi connectivity index (χ0) is 19.8. The highest BCUT2D eigenvalue weighted by Crippen LogP contribution is 2.35. The summed E-state index contributed by atoms with van der Waals surface area (Å²) in [5.41, 5.74) is 1.02. The molecule has 1 saturated heterocycles. The van der Waals surface area contributed by atoms with Gasteiger partial charge in [-0.3, -0.25) is 9.59 Å². The smallest absolute Gasteiger partial charge is 0.326 e. The lowest BCUT2D eigenvalue weighted by molar-refractivity contribution is -0.141. The molecule has 27 heavy (non-hydrogen) atoms. The second kappa shape index (κ2) is 7.07. The Morgan fingerprint density at radius 2 is 2.00 bits per heavy atom. The van der Waals surface area contributed by atoms with Crippen molar-refractivity contribution in [2.24, 2.45) is 5.92 Å². The SMILES string of the molecule is CC(CCCc1ccc2cc(O)c(N3CC(=O)NS3(=O)=O)cc2c1)C(=O)O. The highest BCUT2D eigenvalue weighted by atomic mass is 32.2. The average Bonchev–Trinajstić information content (AvgIpc) is 2.86. The molecule has 0 saturated carbocycles. The van der Waals surface area contributed by atoms with Gasteiger partial charge in [0.25, 0.3) is 5.91 Å². The van der Waals surface area contributed by atoms with Gasteiger partial charge in [0, 0.05) is 0 Å². The minimum Gasteiger partial charge on any atom is -0.506 e. The molecule has 0 aromatic heterocycles. The molecule has 1 heterocycles. The topological polar surface area (TPSA) is 124 Å². The van der Waals surface area contributed by atoms with Gasteiger partial charge in [0.1, 0.15) is 12.3 Å². The van der Waals surface area contributed by atoms with Crippen molar-refractivity contribution >= 4 is 38.5 Å². The van der Waals surface area contributed by atoms with E-state index in [1.165, 1.54) is 12.1 Å². The van der Waals surface area contributed by atoms with Crippen LogP contribution >= 0.6 is 0 Å². The normalized spacial score (nSPS) is 17.1. The van der Waals surface area contributed by atoms with E-state index in [0.717, 1.165) is 20.6 Å². The number of hydrogen-bond acceptors (Lipinski definition) is 5. The summed E-state index contributed by atoms with van der Waals surface area (Å²) >= 11 is 0. The van der Waals surface area contributed by atoms with Gasteiger partial charge < -0.3 is 10.2 Å². The maximum atomic E-state index is 12.0. The van der Waals surface area contributed by atoms with Crippen molar-refractivity contribution in [3.05, 3.63) is 35.9 Å². The Kier molecular flexibility index (Phi) is 4.97. The fourth-order valence-electron chi connectivity index (χ4n) is 3.08. The number of aryl methyl sites for hydroxylation is 1. The molecule has 3 rings (SSSR count). The highest BCUT2D eigenvalue weighted by molar-refractivity contribution is 7.92. The van der Waals surface area contributed by atoms with Gasteiger partial charge in [-0.05, 0) is 47.7 Å². The molecule has 1 aliphatic heterocycles. The number of aliphatic carboxylic acids is 1. The van der Waals surface area contributed by atoms with Crippen molar-refractivity contribution < 1.29 is 28.2 Å². The second-order valence-electron chi connectivity index (χ2n) is 6.69. The minimum absolute atomic E-state index is 0.0394. The molecule has 8 nitrogen and oxygen atoms in total. The van der Waals surface area contributed by atoms with E-state index in [2.05, 4.69) is 0 Å². The van der Waals surface area contributed by atoms with Crippen molar-refractivity contribution in [2.45, 2.75) is 26.2 Å². The Hall–Kier alpha value is -2.81. The summed E-state index contributed by atoms with van der Waals surface area (Å²) in [7, 11) is -4.00. The van der Waals surface area contributed by atoms with Gasteiger partial charge in [-0.15, -0.1) is 0 Å². The summed E-state index contributed by atoms with van der Waals surface area (Å²) in [6.07, 6.45) is 1.96. The van der Waals surface area contributed by atoms with E-state index in [4.69, 9.17) is 5.11 Å². The van der Waals surface area contributed by atoms with Crippen molar-refractivity contribution in [1.82, 2.24) is 4.72 Å². The predicted molar refractivity (Wildman–Crippen MR) is 99.8 cm³/mol. The number of phenols is 1. The molecule has 1 atom stereocenters. The first-order valence-corrected chi connectivity index (χ1v) is 9.93. The van der Waals surface area contributed by atoms with Crippen LogP contribution < -0.4 is 9.03 Å². The van der Waals surface area contributed by atoms with E-state index >= 15 is 0 Å². The number of carboxylic acid groups (broad SMARTS) is 1. The summed E-state index contributed by atoms with van der Waals surface area (Å²) < 4.78 is 26.8. The van der Waals surface area contributed by atoms with Gasteiger partial charge in [-0.2, -0.15) is 8.42 Å². The van der Waals surface area contributed by atoms with Gasteiger partial charge >= 0.3 is 16.2 Å². The molecule has 2 aromatic carbocycles. The first-order valence-electron chi connectivity index (χ1n) is 8.49. The van der Waals surface area contributed by atoms with E-state index < -0.39 is 28.0 Å². The van der Waals surface area contributed by atoms with E-state index in [1.54, 1.807) is 6.92 Å². The number of nitrogens with one attached hydrogen (secondary N) is 1. The molecule has 1 fully saturated rings. The van der Waals surface area contributed by atoms with Gasteiger partial charge in [0.2, 0.25) is 0 Å². The van der Waals surface area contributed by atoms with E-state index in [1.807, 2.05) is 22.9 Å². The lowest BCUT2D eigenvalue weighted by Gasteiger charge is -2.17. The molecule has 1 amide bonds. The maximum Gasteiger partial charge on any atom is 0.326 e. The Morgan fingerprint density at radius 1 is 1.26 bits per heavy atom. The van der Waals surface area contributed by atoms with Crippen LogP contribution in [0.25, 0.3) is 10.8 Å². The monoisotopic (exact) mass is 392 g/mol. The van der Waals surface area contributed by atoms with Crippen molar-refractivity contribution in [3.8, 4) is 5.75 Å². The lowest BCUT2D eigenvalue weighted by atomic mass is 9.99. The third kappa shape index (κ3) is 3.97. The van der Waals surface area contributed by atoms with Gasteiger partial charge in [-0.25, -0.2) is 9.03 Å². The van der Waals surface area contributed by atoms with Crippen LogP contribution in [0.15, 0.2) is 30.3 Å². The molecule has 1 unspecified atom stereocenters. The van der Waals surface area contributed by atoms with Crippen molar-refractivity contribution in [3.63, 3.8) is 0 Å². The molecule has 2 aromatic rings. The number of anilines is 1. The number of carboxylic acids is 1. The number of hydrogen-bond donors (Lipinski definition) is 3. The maximum absolute atomic E-state index is 12.0. The van der Waals surface area contributed by atoms with Gasteiger partial charge in [0.15, 0.2) is 0 Å². The van der Waals surface area contributed by atoms with Crippen LogP contribution in [-0.4, -0.2) is 37.1 Å². The van der Waals surface area contributed by atoms with E-state index in [-0.39, 0.29) is 18.0 Å². The molecule has 0 aliphatic carbocycles. The quantitative estimate of drug-likeness (QED) is 0.688. The molecule has 1 aliphatic rings. The summed E-state index contributed by atoms with van der Waals surface area (Å²) in [4.78, 5) is 22.3. The molecule has 0 spiro atoms. The lowest BCUT2D eigenvalue weighted by Crippen LogP contribution is -2.29. The van der Waals surface area contributed by atoms with E-state index in [0.29, 0.717) is 19.3 Å². The van der Waals surface area contributed by atoms with Crippen LogP contribution in [-0.2, 0) is 26.2 Å². The van der Waals surface area contributed by atoms with Crippen LogP contribution in [0.1, 0.15) is 25.3 Å². The Labute approximate surface area is 156 Å². The number of aromatic hydroxyl groups is 1.